The molecule has 0 aliphatic heterocycles. The van der Waals surface area contributed by atoms with Crippen molar-refractivity contribution in [2.75, 3.05) is 0 Å². The Morgan fingerprint density at radius 1 is 1.21 bits per heavy atom. The number of rotatable bonds is 2. The molecule has 1 aliphatic carbocycles. The van der Waals surface area contributed by atoms with Crippen molar-refractivity contribution in [1.82, 2.24) is 4.98 Å². The Balaban J connectivity index is 1.89. The first-order chi connectivity index (χ1) is 9.24. The zero-order chi connectivity index (χ0) is 13.2. The number of nitrogens with zero attached hydrogens (tertiary/aromatic N) is 1. The number of ether oxygens (including phenoxy) is 1. The normalized spacial score (nSPS) is 23.5. The van der Waals surface area contributed by atoms with Crippen molar-refractivity contribution in [2.24, 2.45) is 5.73 Å². The Morgan fingerprint density at radius 3 is 2.84 bits per heavy atom. The van der Waals surface area contributed by atoms with Crippen molar-refractivity contribution in [2.45, 2.75) is 44.8 Å². The highest BCUT2D eigenvalue weighted by Crippen LogP contribution is 2.26. The van der Waals surface area contributed by atoms with E-state index >= 15 is 0 Å². The van der Waals surface area contributed by atoms with Crippen LogP contribution in [0.3, 0.4) is 0 Å². The molecule has 2 aromatic rings. The van der Waals surface area contributed by atoms with Gasteiger partial charge in [-0.1, -0.05) is 24.6 Å². The molecule has 2 N–H and O–H groups in total. The average Bonchev–Trinajstić information content (AvgIpc) is 2.42. The Morgan fingerprint density at radius 2 is 2.00 bits per heavy atom. The number of fused-ring (bicyclic) bond motifs is 1. The maximum atomic E-state index is 6.14. The fourth-order valence-corrected chi connectivity index (χ4v) is 2.74. The molecule has 19 heavy (non-hydrogen) atoms. The summed E-state index contributed by atoms with van der Waals surface area (Å²) >= 11 is 0. The third-order valence-corrected chi connectivity index (χ3v) is 3.88. The third-order valence-electron chi connectivity index (χ3n) is 3.88. The van der Waals surface area contributed by atoms with E-state index in [2.05, 4.69) is 17.1 Å². The lowest BCUT2D eigenvalue weighted by atomic mass is 9.93. The molecule has 2 unspecified atom stereocenters. The number of para-hydroxylation sites is 1. The molecule has 0 amide bonds. The van der Waals surface area contributed by atoms with Crippen molar-refractivity contribution in [3.05, 3.63) is 35.9 Å². The van der Waals surface area contributed by atoms with Crippen LogP contribution in [0.2, 0.25) is 0 Å². The molecule has 0 saturated heterocycles. The smallest absolute Gasteiger partial charge is 0.217 e. The van der Waals surface area contributed by atoms with E-state index in [0.29, 0.717) is 0 Å². The van der Waals surface area contributed by atoms with Crippen LogP contribution < -0.4 is 10.5 Å². The molecule has 0 radical (unpaired) electrons. The van der Waals surface area contributed by atoms with Gasteiger partial charge in [-0.25, -0.2) is 4.98 Å². The lowest BCUT2D eigenvalue weighted by Gasteiger charge is -2.29. The van der Waals surface area contributed by atoms with Crippen LogP contribution in [0.15, 0.2) is 30.3 Å². The highest BCUT2D eigenvalue weighted by atomic mass is 16.5. The van der Waals surface area contributed by atoms with E-state index in [4.69, 9.17) is 10.5 Å². The number of nitrogens with two attached hydrogens (primary N) is 1. The summed E-state index contributed by atoms with van der Waals surface area (Å²) in [6.45, 7) is 2.04. The number of pyridine rings is 1. The lowest BCUT2D eigenvalue weighted by molar-refractivity contribution is 0.126. The molecule has 1 aromatic carbocycles. The van der Waals surface area contributed by atoms with Gasteiger partial charge in [0.05, 0.1) is 5.52 Å². The minimum absolute atomic E-state index is 0.112. The predicted molar refractivity (Wildman–Crippen MR) is 77.3 cm³/mol. The van der Waals surface area contributed by atoms with Crippen LogP contribution in [0.4, 0.5) is 0 Å². The highest BCUT2D eigenvalue weighted by molar-refractivity contribution is 5.79. The van der Waals surface area contributed by atoms with Gasteiger partial charge in [0.2, 0.25) is 5.88 Å². The molecule has 1 saturated carbocycles. The van der Waals surface area contributed by atoms with E-state index in [0.717, 1.165) is 35.2 Å². The van der Waals surface area contributed by atoms with E-state index in [1.54, 1.807) is 0 Å². The van der Waals surface area contributed by atoms with Gasteiger partial charge in [-0.15, -0.1) is 0 Å². The molecule has 0 spiro atoms. The number of hydrogen-bond acceptors (Lipinski definition) is 3. The van der Waals surface area contributed by atoms with Gasteiger partial charge in [0.1, 0.15) is 6.10 Å². The minimum Gasteiger partial charge on any atom is -0.472 e. The number of hydrogen-bond donors (Lipinski definition) is 1. The topological polar surface area (TPSA) is 48.1 Å². The van der Waals surface area contributed by atoms with Gasteiger partial charge >= 0.3 is 0 Å². The van der Waals surface area contributed by atoms with Crippen LogP contribution in [-0.2, 0) is 0 Å². The second-order valence-electron chi connectivity index (χ2n) is 5.41. The molecule has 1 aromatic heterocycles. The summed E-state index contributed by atoms with van der Waals surface area (Å²) in [6.07, 6.45) is 4.61. The molecule has 3 nitrogen and oxygen atoms in total. The molecule has 100 valence electrons. The molecule has 1 heterocycles. The van der Waals surface area contributed by atoms with E-state index in [9.17, 15) is 0 Å². The predicted octanol–water partition coefficient (Wildman–Crippen LogP) is 3.19. The quantitative estimate of drug-likeness (QED) is 0.897. The number of aromatic nitrogens is 1. The van der Waals surface area contributed by atoms with Crippen LogP contribution >= 0.6 is 0 Å². The Kier molecular flexibility index (Phi) is 3.38. The highest BCUT2D eigenvalue weighted by Gasteiger charge is 2.24. The molecular weight excluding hydrogens is 236 g/mol. The fourth-order valence-electron chi connectivity index (χ4n) is 2.74. The lowest BCUT2D eigenvalue weighted by Crippen LogP contribution is -2.41. The monoisotopic (exact) mass is 256 g/mol. The standard InChI is InChI=1S/C16H20N2O/c1-11-10-12-6-2-4-8-14(12)18-16(11)19-15-9-5-3-7-13(15)17/h2,4,6,8,10,13,15H,3,5,7,9,17H2,1H3. The van der Waals surface area contributed by atoms with Crippen molar-refractivity contribution < 1.29 is 4.74 Å². The van der Waals surface area contributed by atoms with E-state index in [1.807, 2.05) is 25.1 Å². The first-order valence-corrected chi connectivity index (χ1v) is 7.02. The van der Waals surface area contributed by atoms with E-state index in [-0.39, 0.29) is 12.1 Å². The molecule has 3 rings (SSSR count). The van der Waals surface area contributed by atoms with Crippen LogP contribution in [0.25, 0.3) is 10.9 Å². The van der Waals surface area contributed by atoms with E-state index in [1.165, 1.54) is 12.8 Å². The molecular formula is C16H20N2O. The number of aryl methyl sites for hydroxylation is 1. The summed E-state index contributed by atoms with van der Waals surface area (Å²) in [7, 11) is 0. The zero-order valence-electron chi connectivity index (χ0n) is 11.3. The van der Waals surface area contributed by atoms with Gasteiger partial charge in [-0.3, -0.25) is 0 Å². The van der Waals surface area contributed by atoms with Gasteiger partial charge in [0.25, 0.3) is 0 Å². The van der Waals surface area contributed by atoms with Crippen molar-refractivity contribution >= 4 is 10.9 Å². The largest absolute Gasteiger partial charge is 0.472 e. The number of benzene rings is 1. The Labute approximate surface area is 113 Å². The SMILES string of the molecule is Cc1cc2ccccc2nc1OC1CCCCC1N. The average molecular weight is 256 g/mol. The second-order valence-corrected chi connectivity index (χ2v) is 5.41. The Hall–Kier alpha value is -1.61. The van der Waals surface area contributed by atoms with Gasteiger partial charge in [-0.05, 0) is 38.3 Å². The molecule has 1 fully saturated rings. The first-order valence-electron chi connectivity index (χ1n) is 7.02. The maximum absolute atomic E-state index is 6.14. The van der Waals surface area contributed by atoms with Crippen LogP contribution in [0, 0.1) is 6.92 Å². The summed E-state index contributed by atoms with van der Waals surface area (Å²) in [6, 6.07) is 10.4. The summed E-state index contributed by atoms with van der Waals surface area (Å²) in [5.41, 5.74) is 8.20. The summed E-state index contributed by atoms with van der Waals surface area (Å²) < 4.78 is 6.07. The summed E-state index contributed by atoms with van der Waals surface area (Å²) in [5.74, 6) is 0.737. The Bertz CT molecular complexity index is 582. The van der Waals surface area contributed by atoms with Gasteiger partial charge in [0, 0.05) is 17.0 Å². The van der Waals surface area contributed by atoms with Gasteiger partial charge in [0.15, 0.2) is 0 Å². The van der Waals surface area contributed by atoms with Crippen molar-refractivity contribution in [3.8, 4) is 5.88 Å². The molecule has 0 bridgehead atoms. The molecule has 3 heteroatoms. The van der Waals surface area contributed by atoms with Crippen molar-refractivity contribution in [1.29, 1.82) is 0 Å². The van der Waals surface area contributed by atoms with E-state index < -0.39 is 0 Å². The van der Waals surface area contributed by atoms with Crippen LogP contribution in [0.1, 0.15) is 31.2 Å². The van der Waals surface area contributed by atoms with Gasteiger partial charge < -0.3 is 10.5 Å². The minimum atomic E-state index is 0.112. The fraction of sp³-hybridized carbons (Fsp3) is 0.438. The molecule has 2 atom stereocenters. The van der Waals surface area contributed by atoms with Crippen LogP contribution in [0.5, 0.6) is 5.88 Å². The zero-order valence-corrected chi connectivity index (χ0v) is 11.3. The second kappa shape index (κ2) is 5.17. The van der Waals surface area contributed by atoms with Crippen LogP contribution in [-0.4, -0.2) is 17.1 Å². The molecule has 1 aliphatic rings. The maximum Gasteiger partial charge on any atom is 0.217 e. The summed E-state index contributed by atoms with van der Waals surface area (Å²) in [4.78, 5) is 4.63. The first kappa shape index (κ1) is 12.4. The third kappa shape index (κ3) is 2.56. The summed E-state index contributed by atoms with van der Waals surface area (Å²) in [5, 5.41) is 1.15. The van der Waals surface area contributed by atoms with Gasteiger partial charge in [-0.2, -0.15) is 0 Å². The van der Waals surface area contributed by atoms with Crippen molar-refractivity contribution in [3.63, 3.8) is 0 Å².